The minimum absolute atomic E-state index is 0.00867. The molecule has 8 heteroatoms. The summed E-state index contributed by atoms with van der Waals surface area (Å²) in [6, 6.07) is 8.26. The van der Waals surface area contributed by atoms with E-state index in [1.165, 1.54) is 12.1 Å². The van der Waals surface area contributed by atoms with E-state index >= 15 is 0 Å². The Kier molecular flexibility index (Phi) is 6.11. The molecule has 2 rings (SSSR count). The fourth-order valence-corrected chi connectivity index (χ4v) is 4.65. The van der Waals surface area contributed by atoms with Crippen LogP contribution in [0.1, 0.15) is 16.7 Å². The summed E-state index contributed by atoms with van der Waals surface area (Å²) in [6.45, 7) is 5.29. The van der Waals surface area contributed by atoms with Crippen molar-refractivity contribution in [2.75, 3.05) is 11.9 Å². The van der Waals surface area contributed by atoms with Gasteiger partial charge in [-0.05, 0) is 44.0 Å². The van der Waals surface area contributed by atoms with Gasteiger partial charge in [0.1, 0.15) is 4.90 Å². The van der Waals surface area contributed by atoms with Crippen LogP contribution in [0.15, 0.2) is 35.2 Å². The molecule has 2 N–H and O–H groups in total. The van der Waals surface area contributed by atoms with Gasteiger partial charge in [0.05, 0.1) is 16.6 Å². The highest BCUT2D eigenvalue weighted by atomic mass is 35.5. The third kappa shape index (κ3) is 4.73. The molecule has 5 nitrogen and oxygen atoms in total. The Bertz CT molecular complexity index is 884. The Balaban J connectivity index is 2.12. The summed E-state index contributed by atoms with van der Waals surface area (Å²) < 4.78 is 26.9. The van der Waals surface area contributed by atoms with Gasteiger partial charge in [-0.3, -0.25) is 4.79 Å². The van der Waals surface area contributed by atoms with E-state index in [0.29, 0.717) is 5.69 Å². The number of nitrogens with one attached hydrogen (secondary N) is 2. The van der Waals surface area contributed by atoms with Crippen LogP contribution in [0.3, 0.4) is 0 Å². The van der Waals surface area contributed by atoms with Crippen LogP contribution >= 0.6 is 23.2 Å². The Morgan fingerprint density at radius 3 is 2.08 bits per heavy atom. The molecule has 0 bridgehead atoms. The molecule has 0 saturated heterocycles. The molecule has 0 aliphatic heterocycles. The summed E-state index contributed by atoms with van der Waals surface area (Å²) >= 11 is 11.8. The molecule has 0 fully saturated rings. The van der Waals surface area contributed by atoms with Crippen molar-refractivity contribution in [3.8, 4) is 0 Å². The van der Waals surface area contributed by atoms with Crippen molar-refractivity contribution < 1.29 is 13.2 Å². The first-order valence-corrected chi connectivity index (χ1v) is 9.67. The van der Waals surface area contributed by atoms with E-state index < -0.39 is 22.5 Å². The molecule has 2 aromatic rings. The van der Waals surface area contributed by atoms with Crippen molar-refractivity contribution >= 4 is 44.8 Å². The standard InChI is InChI=1S/C17H18Cl2N2O3S/c1-10-7-11(2)16(12(3)8-10)21-15(22)9-20-25(23,24)17-13(18)5-4-6-14(17)19/h4-8,20H,9H2,1-3H3,(H,21,22). The number of carbonyl (C=O) groups excluding carboxylic acids is 1. The maximum atomic E-state index is 12.3. The van der Waals surface area contributed by atoms with E-state index in [-0.39, 0.29) is 14.9 Å². The number of hydrogen-bond donors (Lipinski definition) is 2. The summed E-state index contributed by atoms with van der Waals surface area (Å²) in [5.41, 5.74) is 3.57. The van der Waals surface area contributed by atoms with Crippen molar-refractivity contribution in [1.82, 2.24) is 4.72 Å². The van der Waals surface area contributed by atoms with Gasteiger partial charge in [-0.1, -0.05) is 47.0 Å². The molecule has 25 heavy (non-hydrogen) atoms. The number of rotatable bonds is 5. The first-order valence-electron chi connectivity index (χ1n) is 7.43. The largest absolute Gasteiger partial charge is 0.324 e. The van der Waals surface area contributed by atoms with E-state index in [2.05, 4.69) is 10.0 Å². The predicted molar refractivity (Wildman–Crippen MR) is 101 cm³/mol. The molecule has 0 radical (unpaired) electrons. The molecule has 0 spiro atoms. The minimum atomic E-state index is -4.01. The SMILES string of the molecule is Cc1cc(C)c(NC(=O)CNS(=O)(=O)c2c(Cl)cccc2Cl)c(C)c1. The number of halogens is 2. The van der Waals surface area contributed by atoms with Crippen LogP contribution in [0.25, 0.3) is 0 Å². The molecule has 0 unspecified atom stereocenters. The third-order valence-corrected chi connectivity index (χ3v) is 5.91. The van der Waals surface area contributed by atoms with Crippen molar-refractivity contribution in [3.05, 3.63) is 57.1 Å². The fraction of sp³-hybridized carbons (Fsp3) is 0.235. The number of carbonyl (C=O) groups is 1. The van der Waals surface area contributed by atoms with Crippen molar-refractivity contribution in [1.29, 1.82) is 0 Å². The van der Waals surface area contributed by atoms with Gasteiger partial charge >= 0.3 is 0 Å². The number of benzene rings is 2. The zero-order valence-electron chi connectivity index (χ0n) is 14.0. The highest BCUT2D eigenvalue weighted by Crippen LogP contribution is 2.28. The van der Waals surface area contributed by atoms with Gasteiger partial charge in [0, 0.05) is 5.69 Å². The number of sulfonamides is 1. The zero-order valence-corrected chi connectivity index (χ0v) is 16.3. The van der Waals surface area contributed by atoms with Gasteiger partial charge in [-0.25, -0.2) is 13.1 Å². The van der Waals surface area contributed by atoms with Gasteiger partial charge in [-0.15, -0.1) is 0 Å². The zero-order chi connectivity index (χ0) is 18.8. The Hall–Kier alpha value is -1.60. The van der Waals surface area contributed by atoms with E-state index in [4.69, 9.17) is 23.2 Å². The maximum Gasteiger partial charge on any atom is 0.244 e. The Morgan fingerprint density at radius 1 is 1.04 bits per heavy atom. The molecular formula is C17H18Cl2N2O3S. The van der Waals surface area contributed by atoms with Crippen LogP contribution in [0.5, 0.6) is 0 Å². The summed E-state index contributed by atoms with van der Waals surface area (Å²) in [6.07, 6.45) is 0. The van der Waals surface area contributed by atoms with Crippen LogP contribution < -0.4 is 10.0 Å². The van der Waals surface area contributed by atoms with Crippen LogP contribution in [-0.2, 0) is 14.8 Å². The quantitative estimate of drug-likeness (QED) is 0.800. The van der Waals surface area contributed by atoms with Gasteiger partial charge in [0.25, 0.3) is 0 Å². The molecule has 0 aromatic heterocycles. The third-order valence-electron chi connectivity index (χ3n) is 3.55. The van der Waals surface area contributed by atoms with E-state index in [9.17, 15) is 13.2 Å². The second kappa shape index (κ2) is 7.74. The molecule has 0 atom stereocenters. The maximum absolute atomic E-state index is 12.3. The lowest BCUT2D eigenvalue weighted by molar-refractivity contribution is -0.115. The van der Waals surface area contributed by atoms with Crippen LogP contribution in [0, 0.1) is 20.8 Å². The predicted octanol–water partition coefficient (Wildman–Crippen LogP) is 3.84. The number of anilines is 1. The summed E-state index contributed by atoms with van der Waals surface area (Å²) in [4.78, 5) is 11.9. The fourth-order valence-electron chi connectivity index (χ4n) is 2.53. The van der Waals surface area contributed by atoms with Crippen molar-refractivity contribution in [2.24, 2.45) is 0 Å². The molecule has 1 amide bonds. The molecule has 0 aliphatic rings. The van der Waals surface area contributed by atoms with E-state index in [1.54, 1.807) is 6.07 Å². The summed E-state index contributed by atoms with van der Waals surface area (Å²) in [5, 5.41) is 2.71. The lowest BCUT2D eigenvalue weighted by Gasteiger charge is -2.14. The normalized spacial score (nSPS) is 11.4. The lowest BCUT2D eigenvalue weighted by Crippen LogP contribution is -2.33. The average Bonchev–Trinajstić information content (AvgIpc) is 2.48. The smallest absolute Gasteiger partial charge is 0.244 e. The van der Waals surface area contributed by atoms with Gasteiger partial charge < -0.3 is 5.32 Å². The summed E-state index contributed by atoms with van der Waals surface area (Å²) in [7, 11) is -4.01. The van der Waals surface area contributed by atoms with Crippen molar-refractivity contribution in [3.63, 3.8) is 0 Å². The van der Waals surface area contributed by atoms with E-state index in [0.717, 1.165) is 16.7 Å². The van der Waals surface area contributed by atoms with Gasteiger partial charge in [-0.2, -0.15) is 0 Å². The number of hydrogen-bond acceptors (Lipinski definition) is 3. The Morgan fingerprint density at radius 2 is 1.56 bits per heavy atom. The molecule has 0 heterocycles. The highest BCUT2D eigenvalue weighted by Gasteiger charge is 2.22. The highest BCUT2D eigenvalue weighted by molar-refractivity contribution is 7.89. The molecule has 0 saturated carbocycles. The van der Waals surface area contributed by atoms with Crippen LogP contribution in [0.4, 0.5) is 5.69 Å². The first-order chi connectivity index (χ1) is 11.6. The van der Waals surface area contributed by atoms with Crippen molar-refractivity contribution in [2.45, 2.75) is 25.7 Å². The lowest BCUT2D eigenvalue weighted by atomic mass is 10.1. The first kappa shape index (κ1) is 19.7. The van der Waals surface area contributed by atoms with Gasteiger partial charge in [0.15, 0.2) is 0 Å². The molecule has 134 valence electrons. The van der Waals surface area contributed by atoms with Gasteiger partial charge in [0.2, 0.25) is 15.9 Å². The molecule has 0 aliphatic carbocycles. The number of aryl methyl sites for hydroxylation is 3. The minimum Gasteiger partial charge on any atom is -0.324 e. The van der Waals surface area contributed by atoms with Crippen LogP contribution in [-0.4, -0.2) is 20.9 Å². The monoisotopic (exact) mass is 400 g/mol. The molecule has 2 aromatic carbocycles. The second-order valence-electron chi connectivity index (χ2n) is 5.70. The molecular weight excluding hydrogens is 383 g/mol. The second-order valence-corrected chi connectivity index (χ2v) is 8.22. The van der Waals surface area contributed by atoms with Crippen LogP contribution in [0.2, 0.25) is 10.0 Å². The van der Waals surface area contributed by atoms with E-state index in [1.807, 2.05) is 32.9 Å². The number of amides is 1. The summed E-state index contributed by atoms with van der Waals surface area (Å²) in [5.74, 6) is -0.484. The topological polar surface area (TPSA) is 75.3 Å². The average molecular weight is 401 g/mol. The Labute approximate surface area is 157 Å².